The molecule has 0 saturated heterocycles. The lowest BCUT2D eigenvalue weighted by atomic mass is 9.77. The van der Waals surface area contributed by atoms with Crippen LogP contribution < -0.4 is 4.90 Å². The van der Waals surface area contributed by atoms with Crippen LogP contribution >= 0.6 is 0 Å². The molecule has 2 heteroatoms. The van der Waals surface area contributed by atoms with E-state index in [2.05, 4.69) is 42.3 Å². The first kappa shape index (κ1) is 11.8. The Labute approximate surface area is 113 Å². The number of likely N-dealkylation sites (N-methyl/N-ethyl adjacent to an activating group) is 1. The van der Waals surface area contributed by atoms with Crippen molar-refractivity contribution in [1.82, 2.24) is 0 Å². The molecule has 0 radical (unpaired) electrons. The van der Waals surface area contributed by atoms with Crippen LogP contribution in [-0.4, -0.2) is 13.6 Å². The SMILES string of the molecule is CN(CC1Cc2ccccc21)c1ccccc1C#N. The van der Waals surface area contributed by atoms with Crippen LogP contribution in [0.25, 0.3) is 0 Å². The van der Waals surface area contributed by atoms with Crippen molar-refractivity contribution in [2.45, 2.75) is 12.3 Å². The van der Waals surface area contributed by atoms with Crippen LogP contribution in [0.3, 0.4) is 0 Å². The van der Waals surface area contributed by atoms with Gasteiger partial charge < -0.3 is 4.90 Å². The maximum absolute atomic E-state index is 9.15. The van der Waals surface area contributed by atoms with Gasteiger partial charge in [0.1, 0.15) is 6.07 Å². The second kappa shape index (κ2) is 4.78. The summed E-state index contributed by atoms with van der Waals surface area (Å²) in [6, 6.07) is 18.7. The predicted molar refractivity (Wildman–Crippen MR) is 77.3 cm³/mol. The fourth-order valence-electron chi connectivity index (χ4n) is 2.86. The highest BCUT2D eigenvalue weighted by Gasteiger charge is 2.26. The molecule has 0 N–H and O–H groups in total. The number of hydrogen-bond donors (Lipinski definition) is 0. The van der Waals surface area contributed by atoms with Crippen LogP contribution in [0.5, 0.6) is 0 Å². The van der Waals surface area contributed by atoms with Crippen molar-refractivity contribution in [2.24, 2.45) is 0 Å². The van der Waals surface area contributed by atoms with Crippen LogP contribution in [-0.2, 0) is 6.42 Å². The summed E-state index contributed by atoms with van der Waals surface area (Å²) in [7, 11) is 2.07. The summed E-state index contributed by atoms with van der Waals surface area (Å²) in [5.74, 6) is 0.591. The fourth-order valence-corrected chi connectivity index (χ4v) is 2.86. The molecule has 94 valence electrons. The topological polar surface area (TPSA) is 27.0 Å². The van der Waals surface area contributed by atoms with E-state index in [1.165, 1.54) is 11.1 Å². The van der Waals surface area contributed by atoms with Gasteiger partial charge in [0.2, 0.25) is 0 Å². The monoisotopic (exact) mass is 248 g/mol. The molecule has 0 saturated carbocycles. The van der Waals surface area contributed by atoms with Crippen LogP contribution in [0, 0.1) is 11.3 Å². The van der Waals surface area contributed by atoms with E-state index < -0.39 is 0 Å². The normalized spacial score (nSPS) is 16.1. The number of anilines is 1. The Morgan fingerprint density at radius 1 is 1.16 bits per heavy atom. The van der Waals surface area contributed by atoms with Gasteiger partial charge in [-0.15, -0.1) is 0 Å². The van der Waals surface area contributed by atoms with E-state index in [-0.39, 0.29) is 0 Å². The molecule has 2 nitrogen and oxygen atoms in total. The van der Waals surface area contributed by atoms with E-state index in [1.807, 2.05) is 24.3 Å². The van der Waals surface area contributed by atoms with Crippen LogP contribution in [0.1, 0.15) is 22.6 Å². The van der Waals surface area contributed by atoms with Gasteiger partial charge in [0.05, 0.1) is 11.3 Å². The average Bonchev–Trinajstić information content (AvgIpc) is 2.44. The third-order valence-electron chi connectivity index (χ3n) is 3.89. The summed E-state index contributed by atoms with van der Waals surface area (Å²) in [6.07, 6.45) is 1.15. The number of rotatable bonds is 3. The molecule has 0 heterocycles. The van der Waals surface area contributed by atoms with Crippen molar-refractivity contribution in [2.75, 3.05) is 18.5 Å². The third-order valence-corrected chi connectivity index (χ3v) is 3.89. The van der Waals surface area contributed by atoms with E-state index in [9.17, 15) is 0 Å². The van der Waals surface area contributed by atoms with Gasteiger partial charge in [-0.25, -0.2) is 0 Å². The Morgan fingerprint density at radius 2 is 1.89 bits per heavy atom. The van der Waals surface area contributed by atoms with Gasteiger partial charge in [-0.2, -0.15) is 5.26 Å². The molecule has 1 unspecified atom stereocenters. The zero-order chi connectivity index (χ0) is 13.2. The number of para-hydroxylation sites is 1. The van der Waals surface area contributed by atoms with E-state index in [4.69, 9.17) is 5.26 Å². The van der Waals surface area contributed by atoms with Crippen molar-refractivity contribution < 1.29 is 0 Å². The van der Waals surface area contributed by atoms with Crippen LogP contribution in [0.15, 0.2) is 48.5 Å². The summed E-state index contributed by atoms with van der Waals surface area (Å²) in [5.41, 5.74) is 4.70. The Hall–Kier alpha value is -2.27. The lowest BCUT2D eigenvalue weighted by Crippen LogP contribution is -2.31. The van der Waals surface area contributed by atoms with E-state index in [0.29, 0.717) is 5.92 Å². The molecule has 2 aromatic carbocycles. The fraction of sp³-hybridized carbons (Fsp3) is 0.235. The Bertz CT molecular complexity index is 640. The molecule has 1 aliphatic carbocycles. The summed E-state index contributed by atoms with van der Waals surface area (Å²) >= 11 is 0. The van der Waals surface area contributed by atoms with E-state index in [0.717, 1.165) is 24.2 Å². The number of fused-ring (bicyclic) bond motifs is 1. The largest absolute Gasteiger partial charge is 0.373 e. The molecule has 0 bridgehead atoms. The zero-order valence-electron chi connectivity index (χ0n) is 11.0. The number of nitriles is 1. The van der Waals surface area contributed by atoms with Crippen LogP contribution in [0.4, 0.5) is 5.69 Å². The number of benzene rings is 2. The van der Waals surface area contributed by atoms with Crippen LogP contribution in [0.2, 0.25) is 0 Å². The summed E-state index contributed by atoms with van der Waals surface area (Å²) < 4.78 is 0. The minimum Gasteiger partial charge on any atom is -0.373 e. The highest BCUT2D eigenvalue weighted by Crippen LogP contribution is 2.36. The molecule has 0 aromatic heterocycles. The molecule has 19 heavy (non-hydrogen) atoms. The standard InChI is InChI=1S/C17H16N2/c1-19(17-9-5-3-7-14(17)11-18)12-15-10-13-6-2-4-8-16(13)15/h2-9,15H,10,12H2,1H3. The maximum atomic E-state index is 9.15. The zero-order valence-corrected chi connectivity index (χ0v) is 11.0. The molecular formula is C17H16N2. The van der Waals surface area contributed by atoms with Gasteiger partial charge >= 0.3 is 0 Å². The van der Waals surface area contributed by atoms with Gasteiger partial charge in [0.15, 0.2) is 0 Å². The number of nitrogens with zero attached hydrogens (tertiary/aromatic N) is 2. The van der Waals surface area contributed by atoms with Gasteiger partial charge in [-0.05, 0) is 29.7 Å². The van der Waals surface area contributed by atoms with Crippen molar-refractivity contribution in [3.63, 3.8) is 0 Å². The third kappa shape index (κ3) is 2.08. The first-order chi connectivity index (χ1) is 9.29. The molecule has 0 fully saturated rings. The minimum atomic E-state index is 0.591. The van der Waals surface area contributed by atoms with Gasteiger partial charge in [-0.1, -0.05) is 36.4 Å². The maximum Gasteiger partial charge on any atom is 0.101 e. The Morgan fingerprint density at radius 3 is 2.68 bits per heavy atom. The average molecular weight is 248 g/mol. The van der Waals surface area contributed by atoms with E-state index >= 15 is 0 Å². The summed E-state index contributed by atoms with van der Waals surface area (Å²) in [6.45, 7) is 0.968. The van der Waals surface area contributed by atoms with Gasteiger partial charge in [-0.3, -0.25) is 0 Å². The van der Waals surface area contributed by atoms with Crippen molar-refractivity contribution in [3.8, 4) is 6.07 Å². The summed E-state index contributed by atoms with van der Waals surface area (Å²) in [5, 5.41) is 9.15. The molecule has 0 spiro atoms. The Balaban J connectivity index is 1.77. The molecular weight excluding hydrogens is 232 g/mol. The molecule has 3 rings (SSSR count). The molecule has 0 aliphatic heterocycles. The van der Waals surface area contributed by atoms with Crippen molar-refractivity contribution >= 4 is 5.69 Å². The lowest BCUT2D eigenvalue weighted by molar-refractivity contribution is 0.601. The second-order valence-corrected chi connectivity index (χ2v) is 5.11. The predicted octanol–water partition coefficient (Wildman–Crippen LogP) is 3.33. The first-order valence-electron chi connectivity index (χ1n) is 6.57. The highest BCUT2D eigenvalue weighted by molar-refractivity contribution is 5.59. The first-order valence-corrected chi connectivity index (χ1v) is 6.57. The second-order valence-electron chi connectivity index (χ2n) is 5.11. The quantitative estimate of drug-likeness (QED) is 0.833. The highest BCUT2D eigenvalue weighted by atomic mass is 15.1. The van der Waals surface area contributed by atoms with E-state index in [1.54, 1.807) is 0 Å². The lowest BCUT2D eigenvalue weighted by Gasteiger charge is -2.34. The molecule has 1 aliphatic rings. The molecule has 2 aromatic rings. The molecule has 1 atom stereocenters. The minimum absolute atomic E-state index is 0.591. The van der Waals surface area contributed by atoms with Crippen molar-refractivity contribution in [3.05, 3.63) is 65.2 Å². The van der Waals surface area contributed by atoms with Gasteiger partial charge in [0.25, 0.3) is 0 Å². The Kier molecular flexibility index (Phi) is 2.97. The van der Waals surface area contributed by atoms with Gasteiger partial charge in [0, 0.05) is 19.5 Å². The summed E-state index contributed by atoms with van der Waals surface area (Å²) in [4.78, 5) is 2.19. The van der Waals surface area contributed by atoms with Crippen molar-refractivity contribution in [1.29, 1.82) is 5.26 Å². The molecule has 0 amide bonds. The number of hydrogen-bond acceptors (Lipinski definition) is 2. The smallest absolute Gasteiger partial charge is 0.101 e.